The maximum absolute atomic E-state index is 13.5. The van der Waals surface area contributed by atoms with Gasteiger partial charge in [-0.1, -0.05) is 146 Å². The Labute approximate surface area is 805 Å². The van der Waals surface area contributed by atoms with E-state index in [1.807, 2.05) is 132 Å². The molecule has 3 amide bonds. The van der Waals surface area contributed by atoms with Crippen LogP contribution in [-0.2, 0) is 67.5 Å². The Balaban J connectivity index is 0.000000151. The largest absolute Gasteiger partial charge is 0.385 e. The van der Waals surface area contributed by atoms with Gasteiger partial charge in [-0.3, -0.25) is 23.5 Å². The van der Waals surface area contributed by atoms with Crippen LogP contribution in [0.4, 0.5) is 0 Å². The van der Waals surface area contributed by atoms with Crippen molar-refractivity contribution in [1.29, 1.82) is 0 Å². The van der Waals surface area contributed by atoms with Crippen molar-refractivity contribution in [2.45, 2.75) is 175 Å². The predicted molar refractivity (Wildman–Crippen MR) is 550 cm³/mol. The average molecular weight is 1910 g/mol. The second-order valence-electron chi connectivity index (χ2n) is 37.2. The number of likely N-dealkylation sites (N-methyl/N-ethyl adjacent to an activating group) is 2. The number of rotatable bonds is 32. The molecule has 136 heavy (non-hydrogen) atoms. The maximum atomic E-state index is 13.5. The zero-order valence-corrected chi connectivity index (χ0v) is 82.6. The van der Waals surface area contributed by atoms with Crippen LogP contribution >= 0.6 is 15.9 Å². The molecule has 3 fully saturated rings. The van der Waals surface area contributed by atoms with Gasteiger partial charge in [0.1, 0.15) is 17.5 Å². The minimum atomic E-state index is -0.144. The van der Waals surface area contributed by atoms with Crippen LogP contribution in [0.3, 0.4) is 0 Å². The van der Waals surface area contributed by atoms with Gasteiger partial charge in [-0.05, 0) is 254 Å². The molecule has 0 saturated carbocycles. The number of imidazole rings is 6. The zero-order valence-electron chi connectivity index (χ0n) is 81.0. The fraction of sp³-hybridized carbons (Fsp3) is 0.422. The molecule has 3 saturated heterocycles. The highest BCUT2D eigenvalue weighted by Crippen LogP contribution is 2.36. The standard InChI is InChI=1S/2C35H41N5O3.C27H34BrN3O2.C8H8N2O.C4H12N2/c1-24(21-26-14-16-28(17-15-26)40-33-25(2)9-6-12-30(33)37-35(40)42)22-32(41)38-18-7-10-27(23-38)34-36-29-11-4-5-13-31(29)39(34)19-8-20-43-3;1-24(21-26-14-16-28(17-15-26)40-31-13-6-9-25(2)33(31)37-35(40)42)22-32(41)38-18-7-10-27(23-38)34-36-29-11-4-5-12-30(29)39(34)19-8-20-43-3;1-20(17-21-10-12-23(28)13-11-21)18-26(32)30-14-5-7-22(19-30)27-29-24-8-3-4-9-25(24)31(27)15-6-16-33-2;1-5-3-2-4-6-7(5)10-8(11)9-6;1-5-3-4-6-2/h2*4-6,9,11-17,24,27H,7-8,10,18-23H2,1-3H3,(H,37,42);3-4,8-13,20,22H,5-7,14-19H2,1-2H3;2-4H,1H3,(H2,9,10,11);5-6H,3-4H2,1-2H3/t2*24-,27-;20-,22-;;/m111../s1. The summed E-state index contributed by atoms with van der Waals surface area (Å²) in [6.45, 7) is 24.0. The number of nitrogens with zero attached hydrogens (tertiary/aromatic N) is 11. The summed E-state index contributed by atoms with van der Waals surface area (Å²) in [5.41, 5.74) is 19.9. The lowest BCUT2D eigenvalue weighted by Gasteiger charge is -2.33. The highest BCUT2D eigenvalue weighted by atomic mass is 79.9. The van der Waals surface area contributed by atoms with Crippen LogP contribution in [0.25, 0.3) is 77.6 Å². The first-order chi connectivity index (χ1) is 66.1. The Morgan fingerprint density at radius 1 is 0.412 bits per heavy atom. The van der Waals surface area contributed by atoms with Crippen molar-refractivity contribution in [3.63, 3.8) is 0 Å². The Hall–Kier alpha value is -12.1. The van der Waals surface area contributed by atoms with Gasteiger partial charge in [0.05, 0.1) is 77.6 Å². The molecular formula is C109H136BrN17O9. The van der Waals surface area contributed by atoms with Gasteiger partial charge in [-0.15, -0.1) is 0 Å². The number of aromatic amines is 4. The number of hydrogen-bond acceptors (Lipinski definition) is 14. The number of nitrogens with one attached hydrogen (secondary N) is 6. The van der Waals surface area contributed by atoms with Crippen molar-refractivity contribution in [2.75, 3.05) is 108 Å². The van der Waals surface area contributed by atoms with Crippen LogP contribution in [0.15, 0.2) is 219 Å². The normalized spacial score (nSPS) is 15.8. The third-order valence-electron chi connectivity index (χ3n) is 26.5. The highest BCUT2D eigenvalue weighted by molar-refractivity contribution is 9.10. The maximum Gasteiger partial charge on any atom is 0.331 e. The molecule has 0 aliphatic carbocycles. The molecule has 9 heterocycles. The summed E-state index contributed by atoms with van der Waals surface area (Å²) in [7, 11) is 9.11. The van der Waals surface area contributed by atoms with Gasteiger partial charge in [0, 0.05) is 155 Å². The first kappa shape index (κ1) is 99.8. The molecule has 0 radical (unpaired) electrons. The summed E-state index contributed by atoms with van der Waals surface area (Å²) >= 11 is 3.49. The number of likely N-dealkylation sites (tertiary alicyclic amines) is 3. The van der Waals surface area contributed by atoms with Crippen molar-refractivity contribution < 1.29 is 28.6 Å². The lowest BCUT2D eigenvalue weighted by atomic mass is 9.94. The topological polar surface area (TPSA) is 290 Å². The molecule has 9 aromatic carbocycles. The summed E-state index contributed by atoms with van der Waals surface area (Å²) < 4.78 is 27.5. The number of aromatic nitrogens is 12. The van der Waals surface area contributed by atoms with Crippen LogP contribution in [0.1, 0.15) is 166 Å². The van der Waals surface area contributed by atoms with E-state index in [4.69, 9.17) is 29.2 Å². The molecule has 3 aliphatic heterocycles. The molecule has 6 aromatic heterocycles. The number of H-pyrrole nitrogens is 4. The van der Waals surface area contributed by atoms with Crippen molar-refractivity contribution in [2.24, 2.45) is 17.8 Å². The summed E-state index contributed by atoms with van der Waals surface area (Å²) in [6.07, 6.45) is 13.1. The van der Waals surface area contributed by atoms with Crippen molar-refractivity contribution in [1.82, 2.24) is 83.1 Å². The SMILES string of the molecule is CNCCNC.COCCCn1c([C@@H]2CCCN(C(=O)C[C@H](C)Cc3ccc(-n4c(=O)[nH]c5c(C)cccc54)cc3)C2)nc2ccccc21.COCCCn1c([C@@H]2CCCN(C(=O)C[C@H](C)Cc3ccc(-n4c(=O)[nH]c5cccc(C)c54)cc3)C2)nc2ccccc21.COCCCn1c([C@@H]2CCCN(C(=O)C[C@H](C)Cc3ccc(Br)cc3)C2)nc2ccccc21.Cc1cccc2[nH]c(=O)[nH]c12. The van der Waals surface area contributed by atoms with Gasteiger partial charge in [-0.2, -0.15) is 0 Å². The van der Waals surface area contributed by atoms with E-state index < -0.39 is 0 Å². The summed E-state index contributed by atoms with van der Waals surface area (Å²) in [5.74, 6) is 5.47. The quantitative estimate of drug-likeness (QED) is 0.0214. The first-order valence-electron chi connectivity index (χ1n) is 48.5. The van der Waals surface area contributed by atoms with Gasteiger partial charge >= 0.3 is 17.1 Å². The van der Waals surface area contributed by atoms with Crippen LogP contribution in [-0.4, -0.2) is 198 Å². The third-order valence-corrected chi connectivity index (χ3v) is 27.0. The van der Waals surface area contributed by atoms with Gasteiger partial charge in [0.15, 0.2) is 0 Å². The van der Waals surface area contributed by atoms with E-state index in [2.05, 4.69) is 199 Å². The Morgan fingerprint density at radius 3 is 1.18 bits per heavy atom. The summed E-state index contributed by atoms with van der Waals surface area (Å²) in [6, 6.07) is 67.2. The first-order valence-corrected chi connectivity index (χ1v) is 49.3. The van der Waals surface area contributed by atoms with Gasteiger partial charge in [-0.25, -0.2) is 29.3 Å². The fourth-order valence-electron chi connectivity index (χ4n) is 19.7. The molecule has 6 atom stereocenters. The molecule has 0 unspecified atom stereocenters. The lowest BCUT2D eigenvalue weighted by molar-refractivity contribution is -0.134. The third kappa shape index (κ3) is 25.4. The zero-order chi connectivity index (χ0) is 95.7. The summed E-state index contributed by atoms with van der Waals surface area (Å²) in [4.78, 5) is 109. The molecule has 3 aliphatic rings. The minimum absolute atomic E-state index is 0.138. The number of carbonyl (C=O) groups excluding carboxylic acids is 3. The molecule has 18 rings (SSSR count). The van der Waals surface area contributed by atoms with E-state index >= 15 is 0 Å². The number of fused-ring (bicyclic) bond motifs is 6. The molecule has 718 valence electrons. The van der Waals surface area contributed by atoms with E-state index in [1.54, 1.807) is 30.5 Å². The van der Waals surface area contributed by atoms with E-state index in [1.165, 1.54) is 11.1 Å². The van der Waals surface area contributed by atoms with Crippen molar-refractivity contribution >= 4 is 99.9 Å². The molecule has 15 aromatic rings. The minimum Gasteiger partial charge on any atom is -0.385 e. The number of benzene rings is 9. The van der Waals surface area contributed by atoms with Gasteiger partial charge < -0.3 is 73.2 Å². The number of halogens is 1. The van der Waals surface area contributed by atoms with E-state index in [-0.39, 0.29) is 64.4 Å². The second-order valence-corrected chi connectivity index (χ2v) is 38.1. The van der Waals surface area contributed by atoms with Crippen LogP contribution in [0.2, 0.25) is 0 Å². The number of methoxy groups -OCH3 is 3. The summed E-state index contributed by atoms with van der Waals surface area (Å²) in [5, 5.41) is 6.01. The number of para-hydroxylation sites is 9. The smallest absolute Gasteiger partial charge is 0.331 e. The van der Waals surface area contributed by atoms with Gasteiger partial charge in [0.25, 0.3) is 0 Å². The van der Waals surface area contributed by atoms with E-state index in [9.17, 15) is 28.8 Å². The fourth-order valence-corrected chi connectivity index (χ4v) is 20.0. The van der Waals surface area contributed by atoms with Gasteiger partial charge in [0.2, 0.25) is 17.7 Å². The molecule has 6 N–H and O–H groups in total. The molecule has 26 nitrogen and oxygen atoms in total. The number of aryl methyl sites for hydroxylation is 6. The Kier molecular flexibility index (Phi) is 35.7. The highest BCUT2D eigenvalue weighted by Gasteiger charge is 2.34. The molecular weight excluding hydrogens is 1770 g/mol. The molecule has 0 spiro atoms. The second kappa shape index (κ2) is 48.6. The van der Waals surface area contributed by atoms with Crippen LogP contribution in [0.5, 0.6) is 0 Å². The number of carbonyl (C=O) groups is 3. The van der Waals surface area contributed by atoms with Crippen molar-refractivity contribution in [3.8, 4) is 11.4 Å². The van der Waals surface area contributed by atoms with Crippen molar-refractivity contribution in [3.05, 3.63) is 287 Å². The predicted octanol–water partition coefficient (Wildman–Crippen LogP) is 18.4. The number of piperidine rings is 3. The lowest BCUT2D eigenvalue weighted by Crippen LogP contribution is -2.40. The number of hydrogen-bond donors (Lipinski definition) is 6. The molecule has 0 bridgehead atoms. The van der Waals surface area contributed by atoms with Crippen LogP contribution in [0, 0.1) is 38.5 Å². The monoisotopic (exact) mass is 1910 g/mol. The Bertz CT molecular complexity index is 6630. The number of ether oxygens (including phenoxy) is 3. The van der Waals surface area contributed by atoms with Crippen LogP contribution < -0.4 is 27.7 Å². The molecule has 27 heteroatoms. The average Bonchev–Trinajstić information content (AvgIpc) is 1.60. The van der Waals surface area contributed by atoms with E-state index in [0.717, 1.165) is 264 Å². The Morgan fingerprint density at radius 2 is 0.772 bits per heavy atom. The number of amides is 3. The van der Waals surface area contributed by atoms with E-state index in [0.29, 0.717) is 51.5 Å².